The quantitative estimate of drug-likeness (QED) is 0.696. The van der Waals surface area contributed by atoms with Gasteiger partial charge in [0.05, 0.1) is 21.3 Å². The van der Waals surface area contributed by atoms with Crippen LogP contribution in [0.15, 0.2) is 28.7 Å². The fourth-order valence-electron chi connectivity index (χ4n) is 2.33. The largest absolute Gasteiger partial charge is 0.496 e. The summed E-state index contributed by atoms with van der Waals surface area (Å²) in [7, 11) is 0.514. The highest BCUT2D eigenvalue weighted by molar-refractivity contribution is 7.89. The van der Waals surface area contributed by atoms with Crippen LogP contribution in [0.3, 0.4) is 0 Å². The van der Waals surface area contributed by atoms with Gasteiger partial charge in [0.1, 0.15) is 17.2 Å². The molecule has 2 rings (SSSR count). The molecule has 1 heterocycles. The zero-order chi connectivity index (χ0) is 16.9. The van der Waals surface area contributed by atoms with Crippen molar-refractivity contribution in [3.63, 3.8) is 0 Å². The van der Waals surface area contributed by atoms with Crippen LogP contribution >= 0.6 is 12.4 Å². The molecule has 1 aliphatic rings. The summed E-state index contributed by atoms with van der Waals surface area (Å²) < 4.78 is 43.5. The highest BCUT2D eigenvalue weighted by Crippen LogP contribution is 2.37. The van der Waals surface area contributed by atoms with Crippen molar-refractivity contribution in [2.45, 2.75) is 11.3 Å². The summed E-state index contributed by atoms with van der Waals surface area (Å²) in [5.74, 6) is 0.805. The molecule has 1 aliphatic heterocycles. The van der Waals surface area contributed by atoms with Crippen molar-refractivity contribution in [1.82, 2.24) is 10.0 Å². The Morgan fingerprint density at radius 3 is 2.21 bits per heavy atom. The number of ether oxygens (including phenoxy) is 3. The topological polar surface area (TPSA) is 85.9 Å². The molecule has 0 fully saturated rings. The van der Waals surface area contributed by atoms with Crippen LogP contribution in [0.5, 0.6) is 17.2 Å². The molecule has 9 heteroatoms. The monoisotopic (exact) mass is 378 g/mol. The van der Waals surface area contributed by atoms with Gasteiger partial charge in [-0.25, -0.2) is 13.1 Å². The molecule has 0 saturated carbocycles. The first-order chi connectivity index (χ1) is 11.0. The van der Waals surface area contributed by atoms with E-state index in [0.717, 1.165) is 25.1 Å². The Hall–Kier alpha value is -1.48. The zero-order valence-corrected chi connectivity index (χ0v) is 15.6. The fourth-order valence-corrected chi connectivity index (χ4v) is 3.66. The van der Waals surface area contributed by atoms with Gasteiger partial charge in [-0.1, -0.05) is 11.6 Å². The number of methoxy groups -OCH3 is 3. The Labute approximate surface area is 148 Å². The van der Waals surface area contributed by atoms with Gasteiger partial charge in [0, 0.05) is 25.2 Å². The van der Waals surface area contributed by atoms with Gasteiger partial charge >= 0.3 is 0 Å². The number of hydrogen-bond acceptors (Lipinski definition) is 6. The molecular formula is C15H23ClN2O5S. The number of benzene rings is 1. The van der Waals surface area contributed by atoms with E-state index in [1.165, 1.54) is 33.5 Å². The molecule has 0 radical (unpaired) electrons. The average molecular weight is 379 g/mol. The minimum Gasteiger partial charge on any atom is -0.496 e. The second-order valence-corrected chi connectivity index (χ2v) is 6.71. The first-order valence-corrected chi connectivity index (χ1v) is 8.68. The Morgan fingerprint density at radius 1 is 1.12 bits per heavy atom. The third-order valence-electron chi connectivity index (χ3n) is 3.59. The van der Waals surface area contributed by atoms with Gasteiger partial charge in [0.15, 0.2) is 4.90 Å². The van der Waals surface area contributed by atoms with Gasteiger partial charge in [-0.2, -0.15) is 0 Å². The van der Waals surface area contributed by atoms with Gasteiger partial charge < -0.3 is 19.5 Å². The predicted octanol–water partition coefficient (Wildman–Crippen LogP) is 1.33. The van der Waals surface area contributed by atoms with E-state index in [0.29, 0.717) is 5.75 Å². The minimum absolute atomic E-state index is 0. The van der Waals surface area contributed by atoms with Gasteiger partial charge in [-0.3, -0.25) is 0 Å². The van der Waals surface area contributed by atoms with Gasteiger partial charge in [-0.15, -0.1) is 12.4 Å². The van der Waals surface area contributed by atoms with E-state index < -0.39 is 10.0 Å². The van der Waals surface area contributed by atoms with Gasteiger partial charge in [0.2, 0.25) is 10.0 Å². The van der Waals surface area contributed by atoms with Crippen LogP contribution in [-0.2, 0) is 10.0 Å². The molecule has 136 valence electrons. The Balaban J connectivity index is 0.00000288. The molecule has 7 nitrogen and oxygen atoms in total. The Morgan fingerprint density at radius 2 is 1.75 bits per heavy atom. The third kappa shape index (κ3) is 4.76. The number of halogens is 1. The second-order valence-electron chi connectivity index (χ2n) is 5.00. The number of rotatable bonds is 7. The van der Waals surface area contributed by atoms with E-state index in [1.807, 2.05) is 6.08 Å². The number of nitrogens with one attached hydrogen (secondary N) is 2. The van der Waals surface area contributed by atoms with Crippen LogP contribution in [0.2, 0.25) is 0 Å². The summed E-state index contributed by atoms with van der Waals surface area (Å²) in [5.41, 5.74) is 1.05. The molecule has 0 saturated heterocycles. The smallest absolute Gasteiger partial charge is 0.248 e. The van der Waals surface area contributed by atoms with E-state index in [1.54, 1.807) is 0 Å². The molecule has 0 unspecified atom stereocenters. The van der Waals surface area contributed by atoms with Crippen LogP contribution in [0.4, 0.5) is 0 Å². The van der Waals surface area contributed by atoms with Gasteiger partial charge in [-0.05, 0) is 13.0 Å². The summed E-state index contributed by atoms with van der Waals surface area (Å²) in [5, 5.41) is 3.19. The molecule has 0 aliphatic carbocycles. The molecule has 2 N–H and O–H groups in total. The fraction of sp³-hybridized carbons (Fsp3) is 0.467. The first kappa shape index (κ1) is 20.6. The van der Waals surface area contributed by atoms with Crippen molar-refractivity contribution >= 4 is 22.4 Å². The van der Waals surface area contributed by atoms with E-state index in [4.69, 9.17) is 14.2 Å². The molecular weight excluding hydrogens is 356 g/mol. The van der Waals surface area contributed by atoms with E-state index in [9.17, 15) is 8.42 Å². The molecule has 0 spiro atoms. The summed E-state index contributed by atoms with van der Waals surface area (Å²) in [6.45, 7) is 1.87. The van der Waals surface area contributed by atoms with E-state index in [2.05, 4.69) is 10.0 Å². The molecule has 1 aromatic rings. The number of hydrogen-bond donors (Lipinski definition) is 2. The lowest BCUT2D eigenvalue weighted by molar-refractivity contribution is 0.359. The van der Waals surface area contributed by atoms with Crippen molar-refractivity contribution in [3.8, 4) is 17.2 Å². The van der Waals surface area contributed by atoms with E-state index >= 15 is 0 Å². The molecule has 0 amide bonds. The summed E-state index contributed by atoms with van der Waals surface area (Å²) in [4.78, 5) is -0.0298. The second kappa shape index (κ2) is 9.12. The standard InChI is InChI=1S/C15H22N2O5S.ClH/c1-20-12-8-13(21-2)15(14(9-12)22-3)23(18,19)17-10-11-4-6-16-7-5-11;/h4,8-9,16-17H,5-7,10H2,1-3H3;1H. The molecule has 1 aromatic carbocycles. The van der Waals surface area contributed by atoms with Crippen LogP contribution in [-0.4, -0.2) is 49.4 Å². The molecule has 0 aromatic heterocycles. The van der Waals surface area contributed by atoms with E-state index in [-0.39, 0.29) is 35.3 Å². The first-order valence-electron chi connectivity index (χ1n) is 7.20. The lowest BCUT2D eigenvalue weighted by atomic mass is 10.1. The van der Waals surface area contributed by atoms with Crippen LogP contribution in [0.1, 0.15) is 6.42 Å². The van der Waals surface area contributed by atoms with Crippen LogP contribution in [0, 0.1) is 0 Å². The molecule has 0 atom stereocenters. The maximum atomic E-state index is 12.7. The van der Waals surface area contributed by atoms with Crippen molar-refractivity contribution in [2.24, 2.45) is 0 Å². The Bertz CT molecular complexity index is 666. The minimum atomic E-state index is -3.79. The summed E-state index contributed by atoms with van der Waals surface area (Å²) in [6, 6.07) is 3.03. The molecule has 24 heavy (non-hydrogen) atoms. The molecule has 0 bridgehead atoms. The zero-order valence-electron chi connectivity index (χ0n) is 13.9. The van der Waals surface area contributed by atoms with Crippen molar-refractivity contribution in [3.05, 3.63) is 23.8 Å². The average Bonchev–Trinajstić information content (AvgIpc) is 2.59. The van der Waals surface area contributed by atoms with Crippen LogP contribution < -0.4 is 24.2 Å². The maximum absolute atomic E-state index is 12.7. The van der Waals surface area contributed by atoms with Crippen molar-refractivity contribution < 1.29 is 22.6 Å². The van der Waals surface area contributed by atoms with Gasteiger partial charge in [0.25, 0.3) is 0 Å². The third-order valence-corrected chi connectivity index (χ3v) is 5.05. The maximum Gasteiger partial charge on any atom is 0.248 e. The summed E-state index contributed by atoms with van der Waals surface area (Å²) in [6.07, 6.45) is 2.81. The highest BCUT2D eigenvalue weighted by atomic mass is 35.5. The van der Waals surface area contributed by atoms with Crippen molar-refractivity contribution in [2.75, 3.05) is 41.0 Å². The lowest BCUT2D eigenvalue weighted by Gasteiger charge is -2.18. The SMILES string of the molecule is COc1cc(OC)c(S(=O)(=O)NCC2=CCNCC2)c(OC)c1.Cl. The predicted molar refractivity (Wildman–Crippen MR) is 94.1 cm³/mol. The lowest BCUT2D eigenvalue weighted by Crippen LogP contribution is -2.30. The van der Waals surface area contributed by atoms with Crippen molar-refractivity contribution in [1.29, 1.82) is 0 Å². The Kier molecular flexibility index (Phi) is 7.82. The summed E-state index contributed by atoms with van der Waals surface area (Å²) >= 11 is 0. The number of sulfonamides is 1. The normalized spacial score (nSPS) is 14.4. The highest BCUT2D eigenvalue weighted by Gasteiger charge is 2.26. The van der Waals surface area contributed by atoms with Crippen LogP contribution in [0.25, 0.3) is 0 Å².